The van der Waals surface area contributed by atoms with Crippen LogP contribution < -0.4 is 0 Å². The lowest BCUT2D eigenvalue weighted by molar-refractivity contribution is -0.195. The van der Waals surface area contributed by atoms with Crippen molar-refractivity contribution in [2.24, 2.45) is 34.5 Å². The van der Waals surface area contributed by atoms with Crippen molar-refractivity contribution in [1.82, 2.24) is 0 Å². The lowest BCUT2D eigenvalue weighted by Crippen LogP contribution is -2.66. The number of hydrogen-bond donors (Lipinski definition) is 2. The summed E-state index contributed by atoms with van der Waals surface area (Å²) in [4.78, 5) is 24.3. The Balaban J connectivity index is 1.80. The van der Waals surface area contributed by atoms with Crippen LogP contribution in [0.2, 0.25) is 0 Å². The van der Waals surface area contributed by atoms with Crippen LogP contribution in [-0.2, 0) is 9.59 Å². The molecule has 2 unspecified atom stereocenters. The van der Waals surface area contributed by atoms with E-state index in [1.165, 1.54) is 12.2 Å². The average Bonchev–Trinajstić information content (AvgIpc) is 2.86. The van der Waals surface area contributed by atoms with E-state index in [0.29, 0.717) is 12.8 Å². The maximum absolute atomic E-state index is 16.8. The molecule has 3 saturated carbocycles. The maximum Gasteiger partial charge on any atom is 0.178 e. The summed E-state index contributed by atoms with van der Waals surface area (Å²) in [7, 11) is 0. The Hall–Kier alpha value is -1.33. The third-order valence-corrected chi connectivity index (χ3v) is 8.48. The molecule has 8 atom stereocenters. The molecule has 2 N–H and O–H groups in total. The lowest BCUT2D eigenvalue weighted by Gasteiger charge is -2.62. The molecule has 5 heteroatoms. The normalized spacial score (nSPS) is 51.3. The van der Waals surface area contributed by atoms with Crippen LogP contribution in [-0.4, -0.2) is 40.2 Å². The summed E-state index contributed by atoms with van der Waals surface area (Å²) in [6, 6.07) is 0. The Kier molecular flexibility index (Phi) is 4.11. The first-order valence-corrected chi connectivity index (χ1v) is 10.0. The van der Waals surface area contributed by atoms with E-state index in [9.17, 15) is 19.8 Å². The SMILES string of the molecule is C[C@@H]1C[C@H]2[C@@H]3CCC4=CC(=O)C=CC4(C)[C@@]3(F)[C@@H](O)CC2(C)[C@H]1C(=O)CO. The largest absolute Gasteiger partial charge is 0.390 e. The van der Waals surface area contributed by atoms with E-state index in [4.69, 9.17) is 0 Å². The van der Waals surface area contributed by atoms with Gasteiger partial charge in [0.2, 0.25) is 0 Å². The van der Waals surface area contributed by atoms with Crippen LogP contribution in [0.4, 0.5) is 4.39 Å². The van der Waals surface area contributed by atoms with Crippen molar-refractivity contribution in [2.45, 2.75) is 58.2 Å². The van der Waals surface area contributed by atoms with Gasteiger partial charge in [0.15, 0.2) is 17.2 Å². The van der Waals surface area contributed by atoms with Crippen molar-refractivity contribution < 1.29 is 24.2 Å². The van der Waals surface area contributed by atoms with E-state index in [1.807, 2.05) is 13.8 Å². The lowest BCUT2D eigenvalue weighted by atomic mass is 9.45. The van der Waals surface area contributed by atoms with E-state index < -0.39 is 29.2 Å². The molecule has 4 aliphatic carbocycles. The smallest absolute Gasteiger partial charge is 0.178 e. The van der Waals surface area contributed by atoms with Crippen LogP contribution >= 0.6 is 0 Å². The van der Waals surface area contributed by atoms with Crippen molar-refractivity contribution >= 4 is 11.6 Å². The Morgan fingerprint density at radius 1 is 1.33 bits per heavy atom. The molecule has 0 amide bonds. The van der Waals surface area contributed by atoms with E-state index in [-0.39, 0.29) is 41.7 Å². The zero-order chi connectivity index (χ0) is 19.8. The molecule has 0 spiro atoms. The van der Waals surface area contributed by atoms with Gasteiger partial charge < -0.3 is 10.2 Å². The number of aliphatic hydroxyl groups excluding tert-OH is 2. The summed E-state index contributed by atoms with van der Waals surface area (Å²) < 4.78 is 16.8. The molecule has 0 heterocycles. The second kappa shape index (κ2) is 5.84. The number of rotatable bonds is 2. The number of fused-ring (bicyclic) bond motifs is 5. The first-order chi connectivity index (χ1) is 12.6. The van der Waals surface area contributed by atoms with Crippen molar-refractivity contribution in [3.05, 3.63) is 23.8 Å². The van der Waals surface area contributed by atoms with Crippen LogP contribution in [0.25, 0.3) is 0 Å². The molecule has 0 aromatic rings. The maximum atomic E-state index is 16.8. The van der Waals surface area contributed by atoms with Gasteiger partial charge in [-0.3, -0.25) is 9.59 Å². The first kappa shape index (κ1) is 19.0. The number of Topliss-reactive ketones (excluding diaryl/α,β-unsaturated/α-hetero) is 1. The predicted molar refractivity (Wildman–Crippen MR) is 98.5 cm³/mol. The third kappa shape index (κ3) is 2.21. The van der Waals surface area contributed by atoms with Gasteiger partial charge in [0.05, 0.1) is 6.10 Å². The topological polar surface area (TPSA) is 74.6 Å². The highest BCUT2D eigenvalue weighted by atomic mass is 19.1. The van der Waals surface area contributed by atoms with Crippen LogP contribution in [0.5, 0.6) is 0 Å². The summed E-state index contributed by atoms with van der Waals surface area (Å²) >= 11 is 0. The van der Waals surface area contributed by atoms with E-state index in [0.717, 1.165) is 12.0 Å². The minimum Gasteiger partial charge on any atom is -0.390 e. The van der Waals surface area contributed by atoms with Crippen LogP contribution in [0.1, 0.15) is 46.5 Å². The fraction of sp³-hybridized carbons (Fsp3) is 0.727. The summed E-state index contributed by atoms with van der Waals surface area (Å²) in [5.74, 6) is -1.00. The van der Waals surface area contributed by atoms with Crippen LogP contribution in [0.15, 0.2) is 23.8 Å². The van der Waals surface area contributed by atoms with Gasteiger partial charge in [0.25, 0.3) is 0 Å². The van der Waals surface area contributed by atoms with Gasteiger partial charge in [-0.25, -0.2) is 4.39 Å². The number of aliphatic hydroxyl groups is 2. The molecule has 4 aliphatic rings. The molecule has 148 valence electrons. The molecule has 4 nitrogen and oxygen atoms in total. The van der Waals surface area contributed by atoms with Crippen molar-refractivity contribution in [1.29, 1.82) is 0 Å². The molecule has 3 fully saturated rings. The van der Waals surface area contributed by atoms with Crippen molar-refractivity contribution in [3.63, 3.8) is 0 Å². The molecule has 0 saturated heterocycles. The molecule has 0 radical (unpaired) electrons. The summed E-state index contributed by atoms with van der Waals surface area (Å²) in [5.41, 5.74) is -2.59. The Bertz CT molecular complexity index is 757. The molecular weight excluding hydrogens is 347 g/mol. The van der Waals surface area contributed by atoms with Crippen LogP contribution in [0.3, 0.4) is 0 Å². The van der Waals surface area contributed by atoms with Gasteiger partial charge >= 0.3 is 0 Å². The highest BCUT2D eigenvalue weighted by Crippen LogP contribution is 2.69. The second-order valence-electron chi connectivity index (χ2n) is 9.67. The van der Waals surface area contributed by atoms with Crippen LogP contribution in [0, 0.1) is 34.5 Å². The van der Waals surface area contributed by atoms with E-state index in [2.05, 4.69) is 0 Å². The summed E-state index contributed by atoms with van der Waals surface area (Å²) in [6.45, 7) is 5.29. The van der Waals surface area contributed by atoms with Gasteiger partial charge in [0, 0.05) is 17.3 Å². The Morgan fingerprint density at radius 2 is 2.04 bits per heavy atom. The second-order valence-corrected chi connectivity index (χ2v) is 9.67. The van der Waals surface area contributed by atoms with Gasteiger partial charge in [-0.05, 0) is 62.0 Å². The van der Waals surface area contributed by atoms with Gasteiger partial charge in [-0.15, -0.1) is 0 Å². The molecule has 0 aromatic heterocycles. The number of carbonyl (C=O) groups is 2. The zero-order valence-electron chi connectivity index (χ0n) is 16.2. The number of carbonyl (C=O) groups excluding carboxylic acids is 2. The first-order valence-electron chi connectivity index (χ1n) is 10.0. The fourth-order valence-corrected chi connectivity index (χ4v) is 7.36. The van der Waals surface area contributed by atoms with Gasteiger partial charge in [-0.2, -0.15) is 0 Å². The predicted octanol–water partition coefficient (Wildman–Crippen LogP) is 2.78. The Morgan fingerprint density at radius 3 is 2.70 bits per heavy atom. The highest BCUT2D eigenvalue weighted by molar-refractivity contribution is 6.01. The molecule has 0 bridgehead atoms. The fourth-order valence-electron chi connectivity index (χ4n) is 7.36. The average molecular weight is 376 g/mol. The van der Waals surface area contributed by atoms with Gasteiger partial charge in [0.1, 0.15) is 6.61 Å². The molecular formula is C22H29FO4. The van der Waals surface area contributed by atoms with E-state index >= 15 is 4.39 Å². The molecule has 0 aromatic carbocycles. The van der Waals surface area contributed by atoms with Crippen molar-refractivity contribution in [3.8, 4) is 0 Å². The minimum absolute atomic E-state index is 0.0224. The summed E-state index contributed by atoms with van der Waals surface area (Å²) in [6.07, 6.45) is 5.53. The van der Waals surface area contributed by atoms with Crippen molar-refractivity contribution in [2.75, 3.05) is 6.61 Å². The number of allylic oxidation sites excluding steroid dienone is 4. The molecule has 27 heavy (non-hydrogen) atoms. The number of ketones is 2. The zero-order valence-corrected chi connectivity index (χ0v) is 16.2. The number of hydrogen-bond acceptors (Lipinski definition) is 4. The summed E-state index contributed by atoms with van der Waals surface area (Å²) in [5, 5.41) is 20.6. The van der Waals surface area contributed by atoms with Gasteiger partial charge in [-0.1, -0.05) is 25.5 Å². The number of halogens is 1. The monoisotopic (exact) mass is 376 g/mol. The minimum atomic E-state index is -1.85. The highest BCUT2D eigenvalue weighted by Gasteiger charge is 2.71. The molecule has 0 aliphatic heterocycles. The molecule has 4 rings (SSSR count). The Labute approximate surface area is 159 Å². The third-order valence-electron chi connectivity index (χ3n) is 8.48. The standard InChI is InChI=1S/C22H29FO4/c1-12-8-16-15-5-4-13-9-14(25)6-7-21(13,3)22(15,23)18(27)10-20(16,2)19(12)17(26)11-24/h6-7,9,12,15-16,18-19,24,27H,4-5,8,10-11H2,1-3H3/t12-,15+,16+,18+,19-,20?,21?,22+/m1/s1. The van der Waals surface area contributed by atoms with E-state index in [1.54, 1.807) is 13.0 Å². The number of alkyl halides is 1. The quantitative estimate of drug-likeness (QED) is 0.777.